The first-order chi connectivity index (χ1) is 54.6. The molecule has 36 heteroatoms. The molecule has 6 aliphatic rings. The number of nitrogens with zero attached hydrogens (tertiary/aromatic N) is 15. The normalized spacial score (nSPS) is 30.9. The van der Waals surface area contributed by atoms with Crippen molar-refractivity contribution in [2.75, 3.05) is 72.8 Å². The zero-order valence-electron chi connectivity index (χ0n) is 67.0. The minimum atomic E-state index is -2.58. The molecule has 6 heterocycles. The summed E-state index contributed by atoms with van der Waals surface area (Å²) in [5, 5.41) is 128. The Bertz CT molecular complexity index is 4970. The van der Waals surface area contributed by atoms with Crippen molar-refractivity contribution in [1.82, 2.24) is 74.9 Å². The van der Waals surface area contributed by atoms with E-state index in [0.29, 0.717) is 119 Å². The second kappa shape index (κ2) is 35.1. The van der Waals surface area contributed by atoms with E-state index in [2.05, 4.69) is 83.7 Å². The van der Waals surface area contributed by atoms with Crippen LogP contribution in [0.5, 0.6) is 0 Å². The van der Waals surface area contributed by atoms with Crippen molar-refractivity contribution in [3.63, 3.8) is 0 Å². The van der Waals surface area contributed by atoms with Crippen LogP contribution in [0.1, 0.15) is 157 Å². The number of aliphatic hydroxyl groups excluding tert-OH is 8. The van der Waals surface area contributed by atoms with Crippen LogP contribution in [-0.2, 0) is 14.2 Å². The Balaban J connectivity index is 0.000000150. The van der Waals surface area contributed by atoms with Crippen molar-refractivity contribution in [1.29, 1.82) is 0 Å². The van der Waals surface area contributed by atoms with E-state index in [0.717, 1.165) is 36.5 Å². The van der Waals surface area contributed by atoms with E-state index in [-0.39, 0.29) is 68.1 Å². The molecule has 582 valence electrons. The number of aliphatic hydroxyl groups is 9. The first-order valence-corrected chi connectivity index (χ1v) is 38.9. The molecule has 6 aromatic heterocycles. The predicted octanol–water partition coefficient (Wildman–Crippen LogP) is 6.55. The van der Waals surface area contributed by atoms with Crippen LogP contribution in [0.4, 0.5) is 30.6 Å². The maximum absolute atomic E-state index is 14.2. The number of hydrogen-bond acceptors (Lipinski definition) is 30. The number of aryl methyl sites for hydroxylation is 3. The number of ether oxygens (including phenoxy) is 3. The molecule has 0 radical (unpaired) electrons. The van der Waals surface area contributed by atoms with Crippen molar-refractivity contribution in [2.24, 2.45) is 0 Å². The van der Waals surface area contributed by atoms with Crippen LogP contribution < -0.4 is 16.0 Å². The van der Waals surface area contributed by atoms with Crippen molar-refractivity contribution in [3.05, 3.63) is 105 Å². The summed E-state index contributed by atoms with van der Waals surface area (Å²) in [6.07, 6.45) is -6.03. The molecule has 108 heavy (non-hydrogen) atoms. The lowest BCUT2D eigenvalue weighted by Crippen LogP contribution is -2.33. The van der Waals surface area contributed by atoms with Crippen molar-refractivity contribution < 1.29 is 82.9 Å². The van der Waals surface area contributed by atoms with E-state index in [4.69, 9.17) is 28.9 Å². The van der Waals surface area contributed by atoms with E-state index >= 15 is 0 Å². The molecule has 30 nitrogen and oxygen atoms in total. The van der Waals surface area contributed by atoms with Gasteiger partial charge in [0.15, 0.2) is 66.4 Å². The maximum atomic E-state index is 14.2. The molecular formula is C72H93F3N18O12S3. The Labute approximate surface area is 643 Å². The maximum Gasteiger partial charge on any atom is 0.191 e. The molecule has 0 aliphatic heterocycles. The van der Waals surface area contributed by atoms with Gasteiger partial charge in [-0.15, -0.1) is 15.3 Å². The summed E-state index contributed by atoms with van der Waals surface area (Å²) in [7, 11) is 0. The Kier molecular flexibility index (Phi) is 22.7. The summed E-state index contributed by atoms with van der Waals surface area (Å²) < 4.78 is 119. The van der Waals surface area contributed by atoms with Gasteiger partial charge in [0, 0.05) is 76.4 Å². The molecule has 12 N–H and O–H groups in total. The molecule has 0 amide bonds. The van der Waals surface area contributed by atoms with Gasteiger partial charge in [-0.05, 0) is 111 Å². The third-order valence-electron chi connectivity index (χ3n) is 19.7. The van der Waals surface area contributed by atoms with Crippen molar-refractivity contribution in [2.45, 2.75) is 224 Å². The number of thioether (sulfide) groups is 3. The van der Waals surface area contributed by atoms with E-state index < -0.39 is 117 Å². The molecule has 0 bridgehead atoms. The zero-order chi connectivity index (χ0) is 82.5. The molecule has 9 aromatic rings. The fraction of sp³-hybridized carbons (Fsp3) is 0.583. The Morgan fingerprint density at radius 2 is 0.778 bits per heavy atom. The molecule has 0 spiro atoms. The molecule has 0 unspecified atom stereocenters. The second-order valence-electron chi connectivity index (χ2n) is 27.4. The Morgan fingerprint density at radius 1 is 0.454 bits per heavy atom. The second-order valence-corrected chi connectivity index (χ2v) is 30.5. The molecule has 0 saturated heterocycles. The highest BCUT2D eigenvalue weighted by Gasteiger charge is 2.49. The number of fused-ring (bicyclic) bond motifs is 3. The highest BCUT2D eigenvalue weighted by atomic mass is 32.2. The topological polar surface area (TPSA) is 415 Å². The van der Waals surface area contributed by atoms with Crippen LogP contribution in [0, 0.1) is 38.2 Å². The number of halogens is 3. The average Bonchev–Trinajstić information content (AvgIpc) is 1.59. The third-order valence-corrected chi connectivity index (χ3v) is 22.8. The molecule has 6 aliphatic carbocycles. The van der Waals surface area contributed by atoms with Gasteiger partial charge >= 0.3 is 0 Å². The fourth-order valence-electron chi connectivity index (χ4n) is 13.5. The Hall–Kier alpha value is -7.14. The first kappa shape index (κ1) is 70.0. The number of anilines is 3. The molecule has 6 saturated carbocycles. The summed E-state index contributed by atoms with van der Waals surface area (Å²) in [6.45, 7) is 4.47. The number of benzene rings is 3. The number of hydrogen-bond donors (Lipinski definition) is 12. The smallest absolute Gasteiger partial charge is 0.191 e. The van der Waals surface area contributed by atoms with Gasteiger partial charge in [0.25, 0.3) is 0 Å². The summed E-state index contributed by atoms with van der Waals surface area (Å²) in [5.41, 5.74) is 5.30. The summed E-state index contributed by atoms with van der Waals surface area (Å²) in [4.78, 5) is 27.7. The summed E-state index contributed by atoms with van der Waals surface area (Å²) in [6, 6.07) is 11.2. The minimum absolute atomic E-state index is 0.00193. The van der Waals surface area contributed by atoms with Crippen LogP contribution in [0.15, 0.2) is 70.1 Å². The van der Waals surface area contributed by atoms with Gasteiger partial charge in [-0.1, -0.05) is 108 Å². The summed E-state index contributed by atoms with van der Waals surface area (Å²) in [5.74, 6) is -0.686. The molecule has 6 fully saturated rings. The van der Waals surface area contributed by atoms with Crippen LogP contribution in [-0.4, -0.2) is 251 Å². The van der Waals surface area contributed by atoms with E-state index in [9.17, 15) is 54.0 Å². The number of rotatable bonds is 30. The van der Waals surface area contributed by atoms with Crippen LogP contribution in [0.3, 0.4) is 0 Å². The van der Waals surface area contributed by atoms with Gasteiger partial charge in [0.1, 0.15) is 54.1 Å². The zero-order valence-corrected chi connectivity index (χ0v) is 62.4. The summed E-state index contributed by atoms with van der Waals surface area (Å²) >= 11 is 4.33. The van der Waals surface area contributed by atoms with Gasteiger partial charge in [0.05, 0.1) is 81.5 Å². The van der Waals surface area contributed by atoms with Gasteiger partial charge in [-0.25, -0.2) is 57.1 Å². The van der Waals surface area contributed by atoms with Gasteiger partial charge < -0.3 is 76.1 Å². The number of aromatic nitrogens is 15. The SMILES string of the molecule is [2H]C([2H])(CO)O[C@H]1C[C@@H](n2nnc3c(N[C@@H]4C[C@@]4([2H])c4ccc(C)c(F)c4)nc(SCCC)nc32)[C@H](O)[C@@H]1O.[2H]C([2H])(O)CO[C@H]1C[C@@H](n2nnc3c(N[C@@H]4C[C@@]4([2H])c4ccc(C)c(F)c4)nc(SCCC)nc32)[C@H](O)[C@@H]1O.[2H][C@@]1(c2ccc(C)c(F)c2)C[C@H]1Nc1nc(SCCC)nc2c1nnn2[C@@H]1C[C@H](OCCO)[C@@H](O)[C@H]1O. The standard InChI is InChI=1S/3C24H31FN6O4S/c3*1-3-8-36-24-27-22(26-16-10-14(16)13-5-4-12(2)15(25)9-13)19-23(28-24)31(30-29-19)17-11-18(35-7-6-32)21(34)20(17)33/h3*4-5,9,14,16-18,20-21,32-34H,3,6-8,10-11H2,1-2H3,(H,26,27,28)/t3*14-,16+,17+,18-,20-,21+/m000/s1/i7D2,14D;6D2,14D;14D. The van der Waals surface area contributed by atoms with Crippen molar-refractivity contribution in [3.8, 4) is 0 Å². The molecular weight excluding hydrogens is 1460 g/mol. The van der Waals surface area contributed by atoms with Crippen molar-refractivity contribution >= 4 is 86.2 Å². The fourth-order valence-corrected chi connectivity index (χ4v) is 15.6. The Morgan fingerprint density at radius 3 is 1.07 bits per heavy atom. The van der Waals surface area contributed by atoms with Crippen LogP contribution in [0.2, 0.25) is 0 Å². The molecule has 3 aromatic carbocycles. The molecule has 18 atom stereocenters. The van der Waals surface area contributed by atoms with E-state index in [1.807, 2.05) is 13.8 Å². The third kappa shape index (κ3) is 17.5. The lowest BCUT2D eigenvalue weighted by molar-refractivity contribution is -0.0629. The quantitative estimate of drug-likeness (QED) is 0.0168. The predicted molar refractivity (Wildman–Crippen MR) is 398 cm³/mol. The van der Waals surface area contributed by atoms with Gasteiger partial charge in [0.2, 0.25) is 0 Å². The monoisotopic (exact) mass is 1560 g/mol. The first-order valence-electron chi connectivity index (χ1n) is 39.4. The van der Waals surface area contributed by atoms with E-state index in [1.165, 1.54) is 67.5 Å². The van der Waals surface area contributed by atoms with Gasteiger partial charge in [-0.3, -0.25) is 0 Å². The largest absolute Gasteiger partial charge is 0.394 e. The molecule has 15 rings (SSSR count). The lowest BCUT2D eigenvalue weighted by Gasteiger charge is -2.17. The highest BCUT2D eigenvalue weighted by molar-refractivity contribution is 7.99. The average molecular weight is 1560 g/mol. The van der Waals surface area contributed by atoms with Crippen LogP contribution >= 0.6 is 35.3 Å². The van der Waals surface area contributed by atoms with Gasteiger partial charge in [-0.2, -0.15) is 0 Å². The highest BCUT2D eigenvalue weighted by Crippen LogP contribution is 2.48. The van der Waals surface area contributed by atoms with Crippen LogP contribution in [0.25, 0.3) is 33.5 Å². The lowest BCUT2D eigenvalue weighted by atomic mass is 10.1. The minimum Gasteiger partial charge on any atom is -0.394 e. The number of nitrogens with one attached hydrogen (secondary N) is 3. The van der Waals surface area contributed by atoms with E-state index in [1.54, 1.807) is 57.2 Å².